The van der Waals surface area contributed by atoms with Gasteiger partial charge in [-0.15, -0.1) is 0 Å². The van der Waals surface area contributed by atoms with Crippen LogP contribution >= 0.6 is 7.82 Å². The molecule has 0 radical (unpaired) electrons. The summed E-state index contributed by atoms with van der Waals surface area (Å²) in [5.41, 5.74) is 0. The molecule has 492 valence electrons. The number of hydrogen-bond donors (Lipinski definition) is 3. The van der Waals surface area contributed by atoms with Crippen molar-refractivity contribution in [3.05, 3.63) is 36.5 Å². The maximum atomic E-state index is 13.1. The van der Waals surface area contributed by atoms with Crippen LogP contribution in [0.3, 0.4) is 0 Å². The Bertz CT molecular complexity index is 1450. The average Bonchev–Trinajstić information content (AvgIpc) is 3.50. The lowest BCUT2D eigenvalue weighted by molar-refractivity contribution is -0.870. The van der Waals surface area contributed by atoms with E-state index in [2.05, 4.69) is 43.5 Å². The smallest absolute Gasteiger partial charge is 0.387 e. The first-order valence-electron chi connectivity index (χ1n) is 36.9. The number of hydrogen-bond acceptors (Lipinski definition) is 5. The first-order chi connectivity index (χ1) is 40.5. The molecule has 3 atom stereocenters. The number of likely N-dealkylation sites (N-methyl/N-ethyl adjacent to an activating group) is 1. The molecule has 0 heterocycles. The summed E-state index contributed by atoms with van der Waals surface area (Å²) >= 11 is 0. The summed E-state index contributed by atoms with van der Waals surface area (Å²) in [6, 6.07) is -0.847. The summed E-state index contributed by atoms with van der Waals surface area (Å²) < 4.78 is 23.8. The third-order valence-corrected chi connectivity index (χ3v) is 18.1. The SMILES string of the molecule is CCCCCCCCCCCCCCCCC/C=C\C/C=C\CCCCCCCCCCCCCCCCCCCC(=O)NC(COP(=O)(O)OCC[N+](C)(C)C)C(O)/C=C/CCCCCCCCCCCCCCCCCCCCCC. The van der Waals surface area contributed by atoms with E-state index >= 15 is 0 Å². The Morgan fingerprint density at radius 2 is 0.687 bits per heavy atom. The first kappa shape index (κ1) is 81.7. The number of aliphatic hydroxyl groups excluding tert-OH is 1. The number of unbranched alkanes of at least 4 members (excludes halogenated alkanes) is 52. The van der Waals surface area contributed by atoms with Gasteiger partial charge in [-0.05, 0) is 51.4 Å². The quantitative estimate of drug-likeness (QED) is 0.0243. The maximum Gasteiger partial charge on any atom is 0.472 e. The molecule has 0 aliphatic carbocycles. The van der Waals surface area contributed by atoms with E-state index in [-0.39, 0.29) is 19.1 Å². The monoisotopic (exact) mass is 1190 g/mol. The second kappa shape index (κ2) is 65.2. The lowest BCUT2D eigenvalue weighted by atomic mass is 10.0. The zero-order chi connectivity index (χ0) is 60.5. The van der Waals surface area contributed by atoms with Gasteiger partial charge in [-0.2, -0.15) is 0 Å². The summed E-state index contributed by atoms with van der Waals surface area (Å²) in [7, 11) is 1.59. The van der Waals surface area contributed by atoms with Gasteiger partial charge >= 0.3 is 7.82 Å². The number of rotatable bonds is 69. The molecule has 0 aliphatic rings. The van der Waals surface area contributed by atoms with Crippen molar-refractivity contribution in [2.45, 2.75) is 392 Å². The number of amides is 1. The van der Waals surface area contributed by atoms with Crippen molar-refractivity contribution >= 4 is 13.7 Å². The van der Waals surface area contributed by atoms with Crippen molar-refractivity contribution in [3.63, 3.8) is 0 Å². The van der Waals surface area contributed by atoms with Crippen molar-refractivity contribution < 1.29 is 32.9 Å². The summed E-state index contributed by atoms with van der Waals surface area (Å²) in [5.74, 6) is -0.170. The molecule has 0 fully saturated rings. The van der Waals surface area contributed by atoms with Gasteiger partial charge in [-0.1, -0.05) is 359 Å². The Hall–Kier alpha value is -1.28. The molecular formula is C74H146N2O6P+. The fraction of sp³-hybridized carbons (Fsp3) is 0.905. The van der Waals surface area contributed by atoms with Crippen LogP contribution in [0.2, 0.25) is 0 Å². The van der Waals surface area contributed by atoms with Crippen LogP contribution in [0, 0.1) is 0 Å². The van der Waals surface area contributed by atoms with Gasteiger partial charge in [0.05, 0.1) is 39.9 Å². The second-order valence-electron chi connectivity index (χ2n) is 26.7. The van der Waals surface area contributed by atoms with E-state index in [0.717, 1.165) is 38.5 Å². The number of nitrogens with one attached hydrogen (secondary N) is 1. The van der Waals surface area contributed by atoms with Crippen LogP contribution in [-0.2, 0) is 18.4 Å². The number of allylic oxidation sites excluding steroid dienone is 5. The van der Waals surface area contributed by atoms with Gasteiger partial charge < -0.3 is 19.8 Å². The Labute approximate surface area is 518 Å². The number of nitrogens with zero attached hydrogens (tertiary/aromatic N) is 1. The summed E-state index contributed by atoms with van der Waals surface area (Å²) in [4.78, 5) is 23.4. The third kappa shape index (κ3) is 68.1. The Kier molecular flexibility index (Phi) is 64.2. The van der Waals surface area contributed by atoms with Crippen LogP contribution in [0.5, 0.6) is 0 Å². The Morgan fingerprint density at radius 1 is 0.410 bits per heavy atom. The molecular weight excluding hydrogens is 1040 g/mol. The van der Waals surface area contributed by atoms with Crippen LogP contribution in [0.1, 0.15) is 380 Å². The lowest BCUT2D eigenvalue weighted by Gasteiger charge is -2.25. The molecule has 0 aromatic carbocycles. The van der Waals surface area contributed by atoms with E-state index in [4.69, 9.17) is 9.05 Å². The molecule has 8 nitrogen and oxygen atoms in total. The summed E-state index contributed by atoms with van der Waals surface area (Å²) in [6.45, 7) is 4.88. The molecule has 0 spiro atoms. The van der Waals surface area contributed by atoms with E-state index in [1.165, 1.54) is 321 Å². The van der Waals surface area contributed by atoms with E-state index in [9.17, 15) is 19.4 Å². The predicted octanol–water partition coefficient (Wildman–Crippen LogP) is 23.6. The lowest BCUT2D eigenvalue weighted by Crippen LogP contribution is -2.45. The third-order valence-electron chi connectivity index (χ3n) is 17.1. The summed E-state index contributed by atoms with van der Waals surface area (Å²) in [6.07, 6.45) is 87.4. The van der Waals surface area contributed by atoms with E-state index in [0.29, 0.717) is 17.4 Å². The zero-order valence-electron chi connectivity index (χ0n) is 56.5. The number of carbonyl (C=O) groups excluding carboxylic acids is 1. The molecule has 0 saturated heterocycles. The largest absolute Gasteiger partial charge is 0.472 e. The molecule has 1 amide bonds. The predicted molar refractivity (Wildman–Crippen MR) is 365 cm³/mol. The minimum absolute atomic E-state index is 0.0633. The molecule has 3 unspecified atom stereocenters. The van der Waals surface area contributed by atoms with Gasteiger partial charge in [0.15, 0.2) is 0 Å². The highest BCUT2D eigenvalue weighted by Crippen LogP contribution is 2.43. The fourth-order valence-corrected chi connectivity index (χ4v) is 12.1. The molecule has 0 aromatic heterocycles. The van der Waals surface area contributed by atoms with E-state index in [1.54, 1.807) is 6.08 Å². The van der Waals surface area contributed by atoms with Crippen LogP contribution in [-0.4, -0.2) is 73.4 Å². The molecule has 0 saturated carbocycles. The molecule has 3 N–H and O–H groups in total. The Morgan fingerprint density at radius 3 is 0.988 bits per heavy atom. The minimum atomic E-state index is -4.35. The van der Waals surface area contributed by atoms with Crippen molar-refractivity contribution in [2.24, 2.45) is 0 Å². The average molecular weight is 1190 g/mol. The van der Waals surface area contributed by atoms with Crippen LogP contribution < -0.4 is 5.32 Å². The van der Waals surface area contributed by atoms with Gasteiger partial charge in [-0.25, -0.2) is 4.57 Å². The van der Waals surface area contributed by atoms with Gasteiger partial charge in [0.25, 0.3) is 0 Å². The van der Waals surface area contributed by atoms with Gasteiger partial charge in [0.2, 0.25) is 5.91 Å². The normalized spacial score (nSPS) is 13.8. The van der Waals surface area contributed by atoms with Crippen LogP contribution in [0.4, 0.5) is 0 Å². The highest BCUT2D eigenvalue weighted by molar-refractivity contribution is 7.47. The zero-order valence-corrected chi connectivity index (χ0v) is 57.4. The number of aliphatic hydroxyl groups is 1. The minimum Gasteiger partial charge on any atom is -0.387 e. The van der Waals surface area contributed by atoms with Crippen molar-refractivity contribution in [1.82, 2.24) is 5.32 Å². The molecule has 0 rings (SSSR count). The van der Waals surface area contributed by atoms with E-state index < -0.39 is 20.0 Å². The van der Waals surface area contributed by atoms with Gasteiger partial charge in [0.1, 0.15) is 13.2 Å². The standard InChI is InChI=1S/C74H145N2O6P/c1-6-8-10-12-14-16-18-20-22-24-26-28-30-31-32-33-34-35-36-37-38-39-40-41-42-43-44-45-46-48-50-52-54-56-58-60-62-64-66-68-74(78)75-72(71-82-83(79,80)81-70-69-76(3,4)5)73(77)67-65-63-61-59-57-55-53-51-49-47-29-27-25-23-21-19-17-15-13-11-9-7-2/h34-35,37-38,65,67,72-73,77H,6-33,36,39-64,66,68-71H2,1-5H3,(H-,75,78,79,80)/p+1/b35-34-,38-37-,67-65+. The molecule has 83 heavy (non-hydrogen) atoms. The second-order valence-corrected chi connectivity index (χ2v) is 28.1. The molecule has 0 bridgehead atoms. The molecule has 0 aromatic rings. The summed E-state index contributed by atoms with van der Waals surface area (Å²) in [5, 5.41) is 14.0. The topological polar surface area (TPSA) is 105 Å². The van der Waals surface area contributed by atoms with Crippen LogP contribution in [0.15, 0.2) is 36.5 Å². The molecule has 0 aliphatic heterocycles. The van der Waals surface area contributed by atoms with Crippen molar-refractivity contribution in [3.8, 4) is 0 Å². The number of phosphoric ester groups is 1. The number of carbonyl (C=O) groups is 1. The Balaban J connectivity index is 3.96. The fourth-order valence-electron chi connectivity index (χ4n) is 11.4. The van der Waals surface area contributed by atoms with Crippen molar-refractivity contribution in [2.75, 3.05) is 40.9 Å². The van der Waals surface area contributed by atoms with E-state index in [1.807, 2.05) is 27.2 Å². The first-order valence-corrected chi connectivity index (χ1v) is 38.4. The number of phosphoric acid groups is 1. The molecule has 9 heteroatoms. The highest BCUT2D eigenvalue weighted by atomic mass is 31.2. The van der Waals surface area contributed by atoms with Crippen LogP contribution in [0.25, 0.3) is 0 Å². The number of quaternary nitrogens is 1. The maximum absolute atomic E-state index is 13.1. The van der Waals surface area contributed by atoms with Crippen molar-refractivity contribution in [1.29, 1.82) is 0 Å². The van der Waals surface area contributed by atoms with Gasteiger partial charge in [-0.3, -0.25) is 13.8 Å². The van der Waals surface area contributed by atoms with Gasteiger partial charge in [0, 0.05) is 6.42 Å². The highest BCUT2D eigenvalue weighted by Gasteiger charge is 2.28.